The third-order valence-electron chi connectivity index (χ3n) is 3.12. The molecule has 1 unspecified atom stereocenters. The van der Waals surface area contributed by atoms with Crippen LogP contribution in [0.2, 0.25) is 0 Å². The lowest BCUT2D eigenvalue weighted by Gasteiger charge is -2.18. The molecule has 1 aromatic heterocycles. The number of hydrogen-bond donors (Lipinski definition) is 0. The summed E-state index contributed by atoms with van der Waals surface area (Å²) >= 11 is 5.91. The smallest absolute Gasteiger partial charge is 0.289 e. The molecule has 0 saturated carbocycles. The molecule has 0 radical (unpaired) electrons. The molecular weight excluding hydrogens is 238 g/mol. The molecule has 94 valence electrons. The van der Waals surface area contributed by atoms with Gasteiger partial charge in [-0.3, -0.25) is 4.79 Å². The SMILES string of the molecule is CC(Cl)c1ccc(C(=O)N2CCCCCC2)o1. The summed E-state index contributed by atoms with van der Waals surface area (Å²) in [7, 11) is 0. The largest absolute Gasteiger partial charge is 0.454 e. The first-order valence-electron chi connectivity index (χ1n) is 6.21. The summed E-state index contributed by atoms with van der Waals surface area (Å²) in [6.07, 6.45) is 4.61. The second-order valence-corrected chi connectivity index (χ2v) is 5.18. The zero-order valence-corrected chi connectivity index (χ0v) is 10.9. The van der Waals surface area contributed by atoms with Gasteiger partial charge in [0.15, 0.2) is 5.76 Å². The van der Waals surface area contributed by atoms with Gasteiger partial charge in [-0.1, -0.05) is 12.8 Å². The number of alkyl halides is 1. The molecule has 3 nitrogen and oxygen atoms in total. The maximum atomic E-state index is 12.2. The van der Waals surface area contributed by atoms with Crippen molar-refractivity contribution in [1.29, 1.82) is 0 Å². The highest BCUT2D eigenvalue weighted by atomic mass is 35.5. The monoisotopic (exact) mass is 255 g/mol. The van der Waals surface area contributed by atoms with E-state index in [2.05, 4.69) is 0 Å². The first-order chi connectivity index (χ1) is 8.18. The Labute approximate surface area is 107 Å². The molecule has 0 aliphatic carbocycles. The van der Waals surface area contributed by atoms with Crippen molar-refractivity contribution in [3.8, 4) is 0 Å². The fourth-order valence-electron chi connectivity index (χ4n) is 2.11. The maximum absolute atomic E-state index is 12.2. The zero-order chi connectivity index (χ0) is 12.3. The van der Waals surface area contributed by atoms with E-state index in [0.29, 0.717) is 11.5 Å². The molecule has 4 heteroatoms. The third-order valence-corrected chi connectivity index (χ3v) is 3.34. The van der Waals surface area contributed by atoms with Crippen LogP contribution in [0.25, 0.3) is 0 Å². The Kier molecular flexibility index (Phi) is 4.11. The standard InChI is InChI=1S/C13H18ClNO2/c1-10(14)11-6-7-12(17-11)13(16)15-8-4-2-3-5-9-15/h6-7,10H,2-5,8-9H2,1H3. The van der Waals surface area contributed by atoms with Gasteiger partial charge in [-0.15, -0.1) is 11.6 Å². The van der Waals surface area contributed by atoms with Gasteiger partial charge >= 0.3 is 0 Å². The van der Waals surface area contributed by atoms with E-state index in [-0.39, 0.29) is 11.3 Å². The lowest BCUT2D eigenvalue weighted by Crippen LogP contribution is -2.31. The van der Waals surface area contributed by atoms with E-state index in [4.69, 9.17) is 16.0 Å². The van der Waals surface area contributed by atoms with Crippen LogP contribution in [-0.4, -0.2) is 23.9 Å². The van der Waals surface area contributed by atoms with Crippen LogP contribution >= 0.6 is 11.6 Å². The van der Waals surface area contributed by atoms with Gasteiger partial charge in [0.1, 0.15) is 5.76 Å². The Morgan fingerprint density at radius 1 is 1.29 bits per heavy atom. The maximum Gasteiger partial charge on any atom is 0.289 e. The van der Waals surface area contributed by atoms with Crippen molar-refractivity contribution in [2.75, 3.05) is 13.1 Å². The summed E-state index contributed by atoms with van der Waals surface area (Å²) in [5.74, 6) is 1.06. The Morgan fingerprint density at radius 2 is 1.94 bits per heavy atom. The van der Waals surface area contributed by atoms with Crippen molar-refractivity contribution >= 4 is 17.5 Å². The van der Waals surface area contributed by atoms with Gasteiger partial charge in [-0.2, -0.15) is 0 Å². The topological polar surface area (TPSA) is 33.5 Å². The summed E-state index contributed by atoms with van der Waals surface area (Å²) in [6, 6.07) is 3.50. The van der Waals surface area contributed by atoms with Crippen LogP contribution in [0, 0.1) is 0 Å². The molecule has 0 bridgehead atoms. The number of carbonyl (C=O) groups excluding carboxylic acids is 1. The zero-order valence-electron chi connectivity index (χ0n) is 10.1. The van der Waals surface area contributed by atoms with Crippen molar-refractivity contribution in [3.05, 3.63) is 23.7 Å². The van der Waals surface area contributed by atoms with Crippen LogP contribution in [-0.2, 0) is 0 Å². The first kappa shape index (κ1) is 12.5. The van der Waals surface area contributed by atoms with Gasteiger partial charge in [0, 0.05) is 13.1 Å². The van der Waals surface area contributed by atoms with Crippen molar-refractivity contribution in [2.24, 2.45) is 0 Å². The van der Waals surface area contributed by atoms with Gasteiger partial charge < -0.3 is 9.32 Å². The van der Waals surface area contributed by atoms with E-state index in [0.717, 1.165) is 25.9 Å². The van der Waals surface area contributed by atoms with Gasteiger partial charge in [0.05, 0.1) is 5.38 Å². The van der Waals surface area contributed by atoms with E-state index in [1.807, 2.05) is 11.8 Å². The molecular formula is C13H18ClNO2. The van der Waals surface area contributed by atoms with Crippen molar-refractivity contribution in [2.45, 2.75) is 38.0 Å². The number of halogens is 1. The molecule has 1 saturated heterocycles. The van der Waals surface area contributed by atoms with E-state index >= 15 is 0 Å². The third kappa shape index (κ3) is 3.03. The highest BCUT2D eigenvalue weighted by Crippen LogP contribution is 2.23. The average Bonchev–Trinajstić information content (AvgIpc) is 2.65. The number of furan rings is 1. The molecule has 17 heavy (non-hydrogen) atoms. The van der Waals surface area contributed by atoms with Crippen molar-refractivity contribution < 1.29 is 9.21 Å². The molecule has 0 N–H and O–H groups in total. The molecule has 0 aromatic carbocycles. The summed E-state index contributed by atoms with van der Waals surface area (Å²) in [4.78, 5) is 14.1. The summed E-state index contributed by atoms with van der Waals surface area (Å²) in [6.45, 7) is 3.51. The van der Waals surface area contributed by atoms with E-state index < -0.39 is 0 Å². The van der Waals surface area contributed by atoms with Crippen LogP contribution in [0.15, 0.2) is 16.5 Å². The number of likely N-dealkylation sites (tertiary alicyclic amines) is 1. The Morgan fingerprint density at radius 3 is 2.47 bits per heavy atom. The predicted octanol–water partition coefficient (Wildman–Crippen LogP) is 3.60. The lowest BCUT2D eigenvalue weighted by atomic mass is 10.2. The number of nitrogens with zero attached hydrogens (tertiary/aromatic N) is 1. The quantitative estimate of drug-likeness (QED) is 0.757. The fourth-order valence-corrected chi connectivity index (χ4v) is 2.23. The van der Waals surface area contributed by atoms with Crippen LogP contribution in [0.4, 0.5) is 0 Å². The minimum Gasteiger partial charge on any atom is -0.454 e. The molecule has 2 heterocycles. The number of hydrogen-bond acceptors (Lipinski definition) is 2. The Balaban J connectivity index is 2.06. The van der Waals surface area contributed by atoms with E-state index in [9.17, 15) is 4.79 Å². The number of amides is 1. The minimum atomic E-state index is -0.194. The van der Waals surface area contributed by atoms with Crippen LogP contribution in [0.3, 0.4) is 0 Å². The summed E-state index contributed by atoms with van der Waals surface area (Å²) in [5, 5.41) is -0.194. The summed E-state index contributed by atoms with van der Waals surface area (Å²) in [5.41, 5.74) is 0. The summed E-state index contributed by atoms with van der Waals surface area (Å²) < 4.78 is 5.48. The second-order valence-electron chi connectivity index (χ2n) is 4.52. The molecule has 1 aliphatic heterocycles. The van der Waals surface area contributed by atoms with Gasteiger partial charge in [-0.25, -0.2) is 0 Å². The second kappa shape index (κ2) is 5.58. The van der Waals surface area contributed by atoms with Crippen molar-refractivity contribution in [3.63, 3.8) is 0 Å². The molecule has 1 amide bonds. The van der Waals surface area contributed by atoms with Crippen molar-refractivity contribution in [1.82, 2.24) is 4.90 Å². The Hall–Kier alpha value is -0.960. The van der Waals surface area contributed by atoms with Gasteiger partial charge in [0.2, 0.25) is 0 Å². The molecule has 1 fully saturated rings. The molecule has 2 rings (SSSR count). The Bertz CT molecular complexity index is 379. The average molecular weight is 256 g/mol. The number of rotatable bonds is 2. The van der Waals surface area contributed by atoms with E-state index in [1.54, 1.807) is 12.1 Å². The van der Waals surface area contributed by atoms with E-state index in [1.165, 1.54) is 12.8 Å². The number of carbonyl (C=O) groups is 1. The first-order valence-corrected chi connectivity index (χ1v) is 6.65. The highest BCUT2D eigenvalue weighted by molar-refractivity contribution is 6.20. The van der Waals surface area contributed by atoms with Crippen LogP contribution < -0.4 is 0 Å². The molecule has 1 aromatic rings. The molecule has 1 aliphatic rings. The molecule has 0 spiro atoms. The molecule has 1 atom stereocenters. The normalized spacial score (nSPS) is 18.8. The van der Waals surface area contributed by atoms with Gasteiger partial charge in [0.25, 0.3) is 5.91 Å². The predicted molar refractivity (Wildman–Crippen MR) is 67.3 cm³/mol. The van der Waals surface area contributed by atoms with Crippen LogP contribution in [0.5, 0.6) is 0 Å². The van der Waals surface area contributed by atoms with Crippen LogP contribution in [0.1, 0.15) is 54.3 Å². The van der Waals surface area contributed by atoms with Gasteiger partial charge in [-0.05, 0) is 31.9 Å². The lowest BCUT2D eigenvalue weighted by molar-refractivity contribution is 0.0728. The highest BCUT2D eigenvalue weighted by Gasteiger charge is 2.20. The fraction of sp³-hybridized carbons (Fsp3) is 0.615. The minimum absolute atomic E-state index is 0.00420.